The molecule has 0 aliphatic carbocycles. The van der Waals surface area contributed by atoms with Gasteiger partial charge in [-0.15, -0.1) is 0 Å². The van der Waals surface area contributed by atoms with Crippen LogP contribution in [0.25, 0.3) is 10.4 Å². The third kappa shape index (κ3) is 9.23. The summed E-state index contributed by atoms with van der Waals surface area (Å²) in [5, 5.41) is 3.62. The molecule has 0 bridgehead atoms. The van der Waals surface area contributed by atoms with Crippen molar-refractivity contribution in [3.8, 4) is 0 Å². The van der Waals surface area contributed by atoms with E-state index in [1.54, 1.807) is 0 Å². The Morgan fingerprint density at radius 2 is 1.91 bits per heavy atom. The summed E-state index contributed by atoms with van der Waals surface area (Å²) >= 11 is 0. The molecule has 3 heterocycles. The zero-order chi connectivity index (χ0) is 32.4. The number of hydrogen-bond acceptors (Lipinski definition) is 13. The Balaban J connectivity index is 1.90. The number of aromatic nitrogens is 3. The highest BCUT2D eigenvalue weighted by Crippen LogP contribution is 2.66. The minimum Gasteiger partial charge on any atom is -0.456 e. The average Bonchev–Trinajstić information content (AvgIpc) is 3.25. The standard InChI is InChI=1S/C19H25N6O15P3/c1-10-8-25(18(28)22-16(10)26)14-7-12(38-17(27)11-5-4-6-21-15(11)19(2,3)23-24-20)13(37-14)9-36-42(32,33)40-43(34,35)39-41(29,30)31/h4-6,8,12-14H,7,9H2,1-3H3,(H,32,33)(H,34,35)(H,22,26,28)(H2,29,30,31)/t12?,13-,14-/m1/s1. The SMILES string of the molecule is Cc1cn([C@H]2CC(OC(=O)c3cccnc3C(C)(C)N=[N+]=[N-])[C@@H](COP(=O)(O)OP(=O)(O)OP(=O)(O)O)O2)c(=O)[nH]c1=O. The van der Waals surface area contributed by atoms with E-state index in [9.17, 15) is 37.9 Å². The van der Waals surface area contributed by atoms with Gasteiger partial charge in [0.1, 0.15) is 18.4 Å². The minimum absolute atomic E-state index is 0.0329. The first-order chi connectivity index (χ1) is 19.7. The number of phosphoric ester groups is 1. The lowest BCUT2D eigenvalue weighted by atomic mass is 9.96. The maximum absolute atomic E-state index is 13.2. The Kier molecular flexibility index (Phi) is 10.4. The van der Waals surface area contributed by atoms with Crippen LogP contribution in [0.15, 0.2) is 39.2 Å². The number of aromatic amines is 1. The summed E-state index contributed by atoms with van der Waals surface area (Å²) in [6.07, 6.45) is -1.90. The molecule has 0 aromatic carbocycles. The summed E-state index contributed by atoms with van der Waals surface area (Å²) < 4.78 is 59.0. The van der Waals surface area contributed by atoms with E-state index in [4.69, 9.17) is 24.8 Å². The molecule has 1 saturated heterocycles. The van der Waals surface area contributed by atoms with E-state index < -0.39 is 71.3 Å². The molecule has 1 fully saturated rings. The van der Waals surface area contributed by atoms with Crippen molar-refractivity contribution in [3.05, 3.63) is 72.6 Å². The first kappa shape index (κ1) is 34.5. The van der Waals surface area contributed by atoms with Crippen LogP contribution >= 0.6 is 23.5 Å². The van der Waals surface area contributed by atoms with E-state index in [2.05, 4.69) is 33.1 Å². The molecular formula is C19H25N6O15P3. The van der Waals surface area contributed by atoms with E-state index in [1.807, 2.05) is 0 Å². The van der Waals surface area contributed by atoms with Gasteiger partial charge in [-0.1, -0.05) is 5.11 Å². The van der Waals surface area contributed by atoms with Gasteiger partial charge >= 0.3 is 35.1 Å². The van der Waals surface area contributed by atoms with Gasteiger partial charge in [0.05, 0.1) is 23.4 Å². The fraction of sp³-hybridized carbons (Fsp3) is 0.474. The van der Waals surface area contributed by atoms with Gasteiger partial charge in [-0.2, -0.15) is 8.62 Å². The molecule has 0 amide bonds. The highest BCUT2D eigenvalue weighted by atomic mass is 31.3. The number of nitrogens with one attached hydrogen (secondary N) is 1. The second-order valence-corrected chi connectivity index (χ2v) is 13.7. The number of H-pyrrole nitrogens is 1. The maximum Gasteiger partial charge on any atom is 0.490 e. The van der Waals surface area contributed by atoms with E-state index in [0.717, 1.165) is 10.8 Å². The monoisotopic (exact) mass is 670 g/mol. The zero-order valence-corrected chi connectivity index (χ0v) is 25.0. The Bertz CT molecular complexity index is 1700. The van der Waals surface area contributed by atoms with Crippen molar-refractivity contribution in [3.63, 3.8) is 0 Å². The quantitative estimate of drug-likeness (QED) is 0.0704. The van der Waals surface area contributed by atoms with Crippen LogP contribution in [0.2, 0.25) is 0 Å². The second kappa shape index (κ2) is 12.9. The summed E-state index contributed by atoms with van der Waals surface area (Å²) in [5.41, 5.74) is 6.01. The number of aryl methyl sites for hydroxylation is 1. The summed E-state index contributed by atoms with van der Waals surface area (Å²) in [4.78, 5) is 83.0. The minimum atomic E-state index is -5.83. The first-order valence-corrected chi connectivity index (χ1v) is 16.2. The zero-order valence-electron chi connectivity index (χ0n) is 22.3. The van der Waals surface area contributed by atoms with Crippen molar-refractivity contribution in [2.45, 2.75) is 51.2 Å². The Labute approximate surface area is 240 Å². The summed E-state index contributed by atoms with van der Waals surface area (Å²) in [6.45, 7) is 3.34. The number of pyridine rings is 1. The predicted octanol–water partition coefficient (Wildman–Crippen LogP) is 1.64. The number of carbonyl (C=O) groups excluding carboxylic acids is 1. The molecule has 3 unspecified atom stereocenters. The molecule has 5 N–H and O–H groups in total. The van der Waals surface area contributed by atoms with Crippen molar-refractivity contribution in [2.24, 2.45) is 5.11 Å². The number of esters is 1. The van der Waals surface area contributed by atoms with Gasteiger partial charge in [-0.25, -0.2) is 23.3 Å². The van der Waals surface area contributed by atoms with Gasteiger partial charge < -0.3 is 29.0 Å². The molecule has 236 valence electrons. The van der Waals surface area contributed by atoms with E-state index in [-0.39, 0.29) is 23.2 Å². The number of phosphoric acid groups is 3. The Morgan fingerprint density at radius 1 is 1.23 bits per heavy atom. The number of azide groups is 1. The van der Waals surface area contributed by atoms with Crippen LogP contribution in [0.5, 0.6) is 0 Å². The molecular weight excluding hydrogens is 645 g/mol. The number of nitrogens with zero attached hydrogens (tertiary/aromatic N) is 5. The molecule has 43 heavy (non-hydrogen) atoms. The molecule has 5 atom stereocenters. The molecule has 21 nitrogen and oxygen atoms in total. The third-order valence-electron chi connectivity index (χ3n) is 5.61. The normalized spacial score (nSPS) is 21.8. The van der Waals surface area contributed by atoms with Crippen LogP contribution in [-0.4, -0.2) is 58.9 Å². The Hall–Kier alpha value is -3.02. The van der Waals surface area contributed by atoms with Crippen molar-refractivity contribution >= 4 is 29.4 Å². The highest BCUT2D eigenvalue weighted by molar-refractivity contribution is 7.66. The average molecular weight is 670 g/mol. The van der Waals surface area contributed by atoms with Crippen molar-refractivity contribution in [1.29, 1.82) is 0 Å². The Morgan fingerprint density at radius 3 is 2.53 bits per heavy atom. The molecule has 24 heteroatoms. The molecule has 0 saturated carbocycles. The fourth-order valence-electron chi connectivity index (χ4n) is 3.83. The van der Waals surface area contributed by atoms with Gasteiger partial charge in [0.2, 0.25) is 0 Å². The summed E-state index contributed by atoms with van der Waals surface area (Å²) in [5.74, 6) is -1.02. The number of carbonyl (C=O) groups is 1. The van der Waals surface area contributed by atoms with Crippen molar-refractivity contribution in [1.82, 2.24) is 14.5 Å². The van der Waals surface area contributed by atoms with E-state index in [0.29, 0.717) is 0 Å². The van der Waals surface area contributed by atoms with E-state index in [1.165, 1.54) is 39.1 Å². The third-order valence-corrected chi connectivity index (χ3v) is 9.42. The summed E-state index contributed by atoms with van der Waals surface area (Å²) in [6, 6.07) is 2.72. The first-order valence-electron chi connectivity index (χ1n) is 11.7. The lowest BCUT2D eigenvalue weighted by molar-refractivity contribution is -0.0512. The largest absolute Gasteiger partial charge is 0.490 e. The topological polar surface area (TPSA) is 312 Å². The molecule has 0 spiro atoms. The van der Waals surface area contributed by atoms with Crippen LogP contribution < -0.4 is 11.2 Å². The van der Waals surface area contributed by atoms with E-state index >= 15 is 0 Å². The van der Waals surface area contributed by atoms with Crippen LogP contribution in [0.4, 0.5) is 0 Å². The van der Waals surface area contributed by atoms with Crippen LogP contribution in [0.1, 0.15) is 48.1 Å². The van der Waals surface area contributed by atoms with Crippen LogP contribution in [0.3, 0.4) is 0 Å². The van der Waals surface area contributed by atoms with Gasteiger partial charge in [0.15, 0.2) is 0 Å². The summed E-state index contributed by atoms with van der Waals surface area (Å²) in [7, 11) is -17.1. The molecule has 0 radical (unpaired) electrons. The van der Waals surface area contributed by atoms with Crippen LogP contribution in [-0.2, 0) is 41.9 Å². The number of ether oxygens (including phenoxy) is 2. The molecule has 1 aliphatic rings. The lowest BCUT2D eigenvalue weighted by Gasteiger charge is -2.23. The van der Waals surface area contributed by atoms with Gasteiger partial charge in [0.25, 0.3) is 5.56 Å². The smallest absolute Gasteiger partial charge is 0.456 e. The molecule has 1 aliphatic heterocycles. The van der Waals surface area contributed by atoms with Crippen molar-refractivity contribution < 1.29 is 60.7 Å². The number of rotatable bonds is 12. The van der Waals surface area contributed by atoms with Crippen molar-refractivity contribution in [2.75, 3.05) is 6.61 Å². The highest BCUT2D eigenvalue weighted by Gasteiger charge is 2.44. The van der Waals surface area contributed by atoms with Gasteiger partial charge in [-0.3, -0.25) is 23.9 Å². The molecule has 2 aromatic rings. The number of hydrogen-bond donors (Lipinski definition) is 5. The predicted molar refractivity (Wildman–Crippen MR) is 140 cm³/mol. The molecule has 2 aromatic heterocycles. The lowest BCUT2D eigenvalue weighted by Crippen LogP contribution is -2.33. The maximum atomic E-state index is 13.2. The second-order valence-electron chi connectivity index (χ2n) is 9.32. The molecule has 3 rings (SSSR count). The fourth-order valence-corrected chi connectivity index (χ4v) is 6.86. The van der Waals surface area contributed by atoms with Gasteiger partial charge in [-0.05, 0) is 38.4 Å². The van der Waals surface area contributed by atoms with Crippen LogP contribution in [0, 0.1) is 6.92 Å². The van der Waals surface area contributed by atoms with Gasteiger partial charge in [0, 0.05) is 29.3 Å².